The second-order valence-corrected chi connectivity index (χ2v) is 2.03. The highest BCUT2D eigenvalue weighted by Crippen LogP contribution is 2.12. The molecule has 0 radical (unpaired) electrons. The molecule has 11 heavy (non-hydrogen) atoms. The van der Waals surface area contributed by atoms with Crippen molar-refractivity contribution in [3.8, 4) is 0 Å². The van der Waals surface area contributed by atoms with E-state index in [-0.39, 0.29) is 0 Å². The van der Waals surface area contributed by atoms with Crippen molar-refractivity contribution in [2.75, 3.05) is 0 Å². The van der Waals surface area contributed by atoms with Gasteiger partial charge in [0.15, 0.2) is 6.10 Å². The summed E-state index contributed by atoms with van der Waals surface area (Å²) < 4.78 is 9.56. The first-order chi connectivity index (χ1) is 5.24. The molecular weight excluding hydrogens is 148 g/mol. The van der Waals surface area contributed by atoms with Gasteiger partial charge in [0.1, 0.15) is 0 Å². The minimum absolute atomic E-state index is 0.314. The smallest absolute Gasteiger partial charge is 0.293 e. The highest BCUT2D eigenvalue weighted by molar-refractivity contribution is 5.37. The maximum atomic E-state index is 9.88. The molecule has 0 amide bonds. The molecule has 5 nitrogen and oxygen atoms in total. The van der Waals surface area contributed by atoms with Crippen molar-refractivity contribution in [1.82, 2.24) is 10.2 Å². The second-order valence-electron chi connectivity index (χ2n) is 2.03. The summed E-state index contributed by atoms with van der Waals surface area (Å²) in [5.74, 6) is 0.774. The lowest BCUT2D eigenvalue weighted by Crippen LogP contribution is -1.97. The molecule has 1 aromatic heterocycles. The van der Waals surface area contributed by atoms with Crippen molar-refractivity contribution in [3.63, 3.8) is 0 Å². The van der Waals surface area contributed by atoms with Gasteiger partial charge in [0.05, 0.1) is 0 Å². The van der Waals surface area contributed by atoms with Gasteiger partial charge in [-0.1, -0.05) is 0 Å². The van der Waals surface area contributed by atoms with Gasteiger partial charge in [-0.25, -0.2) is 0 Å². The fourth-order valence-electron chi connectivity index (χ4n) is 0.618. The normalized spacial score (nSPS) is 12.5. The summed E-state index contributed by atoms with van der Waals surface area (Å²) in [6.07, 6.45) is -0.464. The highest BCUT2D eigenvalue weighted by Gasteiger charge is 2.12. The molecule has 1 rings (SSSR count). The first kappa shape index (κ1) is 7.71. The molecular formula is C6H8N2O3. The fourth-order valence-corrected chi connectivity index (χ4v) is 0.618. The Morgan fingerprint density at radius 1 is 1.64 bits per heavy atom. The summed E-state index contributed by atoms with van der Waals surface area (Å²) >= 11 is 0. The van der Waals surface area contributed by atoms with Crippen molar-refractivity contribution in [2.24, 2.45) is 0 Å². The number of carbonyl (C=O) groups excluding carboxylic acids is 1. The van der Waals surface area contributed by atoms with E-state index in [0.717, 1.165) is 0 Å². The molecule has 0 aliphatic rings. The zero-order valence-corrected chi connectivity index (χ0v) is 6.27. The van der Waals surface area contributed by atoms with E-state index in [1.165, 1.54) is 0 Å². The first-order valence-corrected chi connectivity index (χ1v) is 3.13. The number of hydrogen-bond acceptors (Lipinski definition) is 5. The van der Waals surface area contributed by atoms with Gasteiger partial charge in [0.2, 0.25) is 5.89 Å². The van der Waals surface area contributed by atoms with Crippen molar-refractivity contribution in [2.45, 2.75) is 20.0 Å². The van der Waals surface area contributed by atoms with Gasteiger partial charge in [-0.15, -0.1) is 10.2 Å². The third kappa shape index (κ3) is 1.76. The van der Waals surface area contributed by atoms with E-state index in [1.54, 1.807) is 13.8 Å². The number of ether oxygens (including phenoxy) is 1. The van der Waals surface area contributed by atoms with Crippen LogP contribution in [0.2, 0.25) is 0 Å². The number of nitrogens with zero attached hydrogens (tertiary/aromatic N) is 2. The summed E-state index contributed by atoms with van der Waals surface area (Å²) in [7, 11) is 0. The van der Waals surface area contributed by atoms with Gasteiger partial charge in [-0.2, -0.15) is 0 Å². The first-order valence-electron chi connectivity index (χ1n) is 3.13. The average molecular weight is 156 g/mol. The van der Waals surface area contributed by atoms with E-state index in [1.807, 2.05) is 0 Å². The van der Waals surface area contributed by atoms with Crippen LogP contribution in [0.3, 0.4) is 0 Å². The van der Waals surface area contributed by atoms with Crippen LogP contribution in [-0.4, -0.2) is 16.7 Å². The molecule has 0 aliphatic carbocycles. The SMILES string of the molecule is Cc1nnc(C(C)OC=O)o1. The lowest BCUT2D eigenvalue weighted by molar-refractivity contribution is -0.134. The summed E-state index contributed by atoms with van der Waals surface area (Å²) in [4.78, 5) is 9.88. The average Bonchev–Trinajstić information content (AvgIpc) is 2.36. The number of aromatic nitrogens is 2. The Kier molecular flexibility index (Phi) is 2.20. The summed E-state index contributed by atoms with van der Waals surface area (Å²) in [6, 6.07) is 0. The van der Waals surface area contributed by atoms with Gasteiger partial charge in [0, 0.05) is 6.92 Å². The minimum atomic E-state index is -0.464. The van der Waals surface area contributed by atoms with E-state index in [4.69, 9.17) is 4.42 Å². The largest absolute Gasteiger partial charge is 0.455 e. The van der Waals surface area contributed by atoms with Crippen molar-refractivity contribution < 1.29 is 13.9 Å². The molecule has 1 unspecified atom stereocenters. The topological polar surface area (TPSA) is 65.2 Å². The molecule has 0 saturated heterocycles. The molecule has 0 fully saturated rings. The van der Waals surface area contributed by atoms with Crippen LogP contribution in [0, 0.1) is 6.92 Å². The Bertz CT molecular complexity index is 246. The molecule has 0 aromatic carbocycles. The van der Waals surface area contributed by atoms with E-state index in [2.05, 4.69) is 14.9 Å². The maximum absolute atomic E-state index is 9.88. The zero-order chi connectivity index (χ0) is 8.27. The van der Waals surface area contributed by atoms with Gasteiger partial charge >= 0.3 is 0 Å². The molecule has 5 heteroatoms. The Morgan fingerprint density at radius 3 is 2.82 bits per heavy atom. The molecule has 1 aromatic rings. The molecule has 0 N–H and O–H groups in total. The predicted octanol–water partition coefficient (Wildman–Crippen LogP) is 0.612. The van der Waals surface area contributed by atoms with Crippen molar-refractivity contribution in [3.05, 3.63) is 11.8 Å². The Labute approximate surface area is 63.4 Å². The number of rotatable bonds is 3. The molecule has 1 heterocycles. The molecule has 1 atom stereocenters. The van der Waals surface area contributed by atoms with Crippen LogP contribution in [0.25, 0.3) is 0 Å². The third-order valence-electron chi connectivity index (χ3n) is 1.15. The number of hydrogen-bond donors (Lipinski definition) is 0. The maximum Gasteiger partial charge on any atom is 0.293 e. The Hall–Kier alpha value is -1.39. The molecule has 0 saturated carbocycles. The summed E-state index contributed by atoms with van der Waals surface area (Å²) in [6.45, 7) is 3.68. The lowest BCUT2D eigenvalue weighted by Gasteiger charge is -2.01. The summed E-state index contributed by atoms with van der Waals surface area (Å²) in [5.41, 5.74) is 0. The summed E-state index contributed by atoms with van der Waals surface area (Å²) in [5, 5.41) is 7.24. The van der Waals surface area contributed by atoms with Crippen LogP contribution < -0.4 is 0 Å². The van der Waals surface area contributed by atoms with Crippen LogP contribution in [0.1, 0.15) is 24.8 Å². The van der Waals surface area contributed by atoms with Gasteiger partial charge < -0.3 is 9.15 Å². The zero-order valence-electron chi connectivity index (χ0n) is 6.27. The number of carbonyl (C=O) groups is 1. The van der Waals surface area contributed by atoms with Crippen LogP contribution >= 0.6 is 0 Å². The standard InChI is InChI=1S/C6H8N2O3/c1-4(10-3-9)6-8-7-5(2)11-6/h3-4H,1-2H3. The molecule has 60 valence electrons. The van der Waals surface area contributed by atoms with Crippen LogP contribution in [-0.2, 0) is 9.53 Å². The van der Waals surface area contributed by atoms with Crippen LogP contribution in [0.15, 0.2) is 4.42 Å². The monoisotopic (exact) mass is 156 g/mol. The van der Waals surface area contributed by atoms with Gasteiger partial charge in [0.25, 0.3) is 12.4 Å². The molecule has 0 spiro atoms. The Balaban J connectivity index is 2.67. The van der Waals surface area contributed by atoms with Crippen LogP contribution in [0.4, 0.5) is 0 Å². The lowest BCUT2D eigenvalue weighted by atomic mass is 10.4. The van der Waals surface area contributed by atoms with Crippen LogP contribution in [0.5, 0.6) is 0 Å². The minimum Gasteiger partial charge on any atom is -0.455 e. The van der Waals surface area contributed by atoms with E-state index >= 15 is 0 Å². The van der Waals surface area contributed by atoms with Crippen molar-refractivity contribution in [1.29, 1.82) is 0 Å². The molecule has 0 aliphatic heterocycles. The quantitative estimate of drug-likeness (QED) is 0.600. The Morgan fingerprint density at radius 2 is 2.36 bits per heavy atom. The second kappa shape index (κ2) is 3.14. The van der Waals surface area contributed by atoms with E-state index in [9.17, 15) is 4.79 Å². The predicted molar refractivity (Wildman–Crippen MR) is 34.6 cm³/mol. The third-order valence-corrected chi connectivity index (χ3v) is 1.15. The number of aryl methyl sites for hydroxylation is 1. The highest BCUT2D eigenvalue weighted by atomic mass is 16.5. The van der Waals surface area contributed by atoms with Gasteiger partial charge in [-0.05, 0) is 6.92 Å². The van der Waals surface area contributed by atoms with E-state index in [0.29, 0.717) is 18.3 Å². The molecule has 0 bridgehead atoms. The van der Waals surface area contributed by atoms with E-state index < -0.39 is 6.10 Å². The van der Waals surface area contributed by atoms with Crippen molar-refractivity contribution >= 4 is 6.47 Å². The van der Waals surface area contributed by atoms with Gasteiger partial charge in [-0.3, -0.25) is 4.79 Å². The fraction of sp³-hybridized carbons (Fsp3) is 0.500.